The maximum absolute atomic E-state index is 5.75. The van der Waals surface area contributed by atoms with Crippen LogP contribution >= 0.6 is 11.3 Å². The summed E-state index contributed by atoms with van der Waals surface area (Å²) in [5.74, 6) is 0.492. The van der Waals surface area contributed by atoms with Crippen LogP contribution < -0.4 is 10.2 Å². The molecular weight excluding hydrogens is 282 g/mol. The van der Waals surface area contributed by atoms with Crippen LogP contribution in [0.4, 0.5) is 5.13 Å². The van der Waals surface area contributed by atoms with E-state index in [1.807, 2.05) is 11.3 Å². The summed E-state index contributed by atoms with van der Waals surface area (Å²) in [6.07, 6.45) is 4.07. The standard InChI is InChI=1S/C16H27N3OS/c1-11(2)15-14(9-17-13-5-6-13)21-16(18-15)19-7-4-8-20-12(3)10-19/h11-13,17H,4-10H2,1-3H3. The molecule has 2 heterocycles. The van der Waals surface area contributed by atoms with Gasteiger partial charge in [0, 0.05) is 37.2 Å². The second-order valence-corrected chi connectivity index (χ2v) is 7.66. The third-order valence-electron chi connectivity index (χ3n) is 4.11. The maximum atomic E-state index is 5.75. The molecule has 0 amide bonds. The Morgan fingerprint density at radius 1 is 1.43 bits per heavy atom. The summed E-state index contributed by atoms with van der Waals surface area (Å²) in [5.41, 5.74) is 1.28. The highest BCUT2D eigenvalue weighted by Gasteiger charge is 2.24. The van der Waals surface area contributed by atoms with Crippen LogP contribution in [0, 0.1) is 0 Å². The highest BCUT2D eigenvalue weighted by molar-refractivity contribution is 7.15. The lowest BCUT2D eigenvalue weighted by Crippen LogP contribution is -2.29. The van der Waals surface area contributed by atoms with Crippen molar-refractivity contribution < 1.29 is 4.74 Å². The molecule has 1 aliphatic heterocycles. The van der Waals surface area contributed by atoms with Crippen molar-refractivity contribution in [3.63, 3.8) is 0 Å². The number of anilines is 1. The minimum Gasteiger partial charge on any atom is -0.377 e. The Bertz CT molecular complexity index is 470. The van der Waals surface area contributed by atoms with Crippen LogP contribution in [0.2, 0.25) is 0 Å². The zero-order valence-corrected chi connectivity index (χ0v) is 14.2. The average Bonchev–Trinajstić information content (AvgIpc) is 3.21. The molecule has 21 heavy (non-hydrogen) atoms. The van der Waals surface area contributed by atoms with Crippen molar-refractivity contribution in [2.45, 2.75) is 64.6 Å². The molecule has 0 bridgehead atoms. The largest absolute Gasteiger partial charge is 0.377 e. The van der Waals surface area contributed by atoms with Crippen LogP contribution in [0.3, 0.4) is 0 Å². The quantitative estimate of drug-likeness (QED) is 0.907. The zero-order valence-electron chi connectivity index (χ0n) is 13.4. The Morgan fingerprint density at radius 3 is 2.95 bits per heavy atom. The Kier molecular flexibility index (Phi) is 4.82. The molecule has 1 N–H and O–H groups in total. The zero-order chi connectivity index (χ0) is 14.8. The van der Waals surface area contributed by atoms with Crippen LogP contribution in [0.5, 0.6) is 0 Å². The molecule has 1 aliphatic carbocycles. The molecule has 1 atom stereocenters. The van der Waals surface area contributed by atoms with Crippen LogP contribution in [0.1, 0.15) is 56.5 Å². The minimum absolute atomic E-state index is 0.298. The van der Waals surface area contributed by atoms with E-state index in [4.69, 9.17) is 9.72 Å². The van der Waals surface area contributed by atoms with Gasteiger partial charge in [0.15, 0.2) is 5.13 Å². The molecule has 5 heteroatoms. The molecule has 3 rings (SSSR count). The Morgan fingerprint density at radius 2 is 2.24 bits per heavy atom. The average molecular weight is 309 g/mol. The first-order valence-corrected chi connectivity index (χ1v) is 9.04. The van der Waals surface area contributed by atoms with Gasteiger partial charge >= 0.3 is 0 Å². The van der Waals surface area contributed by atoms with E-state index in [2.05, 4.69) is 31.0 Å². The lowest BCUT2D eigenvalue weighted by molar-refractivity contribution is 0.0821. The maximum Gasteiger partial charge on any atom is 0.185 e. The lowest BCUT2D eigenvalue weighted by atomic mass is 10.1. The molecular formula is C16H27N3OS. The summed E-state index contributed by atoms with van der Waals surface area (Å²) in [6, 6.07) is 0.752. The SMILES string of the molecule is CC1CN(c2nc(C(C)C)c(CNC3CC3)s2)CCCO1. The normalized spacial score (nSPS) is 23.6. The Balaban J connectivity index is 1.75. The fraction of sp³-hybridized carbons (Fsp3) is 0.812. The Hall–Kier alpha value is -0.650. The van der Waals surface area contributed by atoms with Gasteiger partial charge in [-0.25, -0.2) is 4.98 Å². The van der Waals surface area contributed by atoms with Crippen molar-refractivity contribution >= 4 is 16.5 Å². The second kappa shape index (κ2) is 6.63. The van der Waals surface area contributed by atoms with E-state index >= 15 is 0 Å². The molecule has 1 saturated carbocycles. The fourth-order valence-electron chi connectivity index (χ4n) is 2.76. The van der Waals surface area contributed by atoms with Crippen molar-refractivity contribution in [1.29, 1.82) is 0 Å². The van der Waals surface area contributed by atoms with Crippen molar-refractivity contribution in [2.24, 2.45) is 0 Å². The van der Waals surface area contributed by atoms with Crippen molar-refractivity contribution in [3.05, 3.63) is 10.6 Å². The van der Waals surface area contributed by atoms with E-state index in [1.165, 1.54) is 28.5 Å². The first-order valence-electron chi connectivity index (χ1n) is 8.23. The number of hydrogen-bond donors (Lipinski definition) is 1. The molecule has 0 spiro atoms. The molecule has 4 nitrogen and oxygen atoms in total. The van der Waals surface area contributed by atoms with Crippen LogP contribution in [-0.2, 0) is 11.3 Å². The molecule has 0 aromatic carbocycles. The third-order valence-corrected chi connectivity index (χ3v) is 5.25. The van der Waals surface area contributed by atoms with Gasteiger partial charge in [-0.05, 0) is 32.1 Å². The molecule has 1 aromatic heterocycles. The Labute approximate surface area is 131 Å². The first-order chi connectivity index (χ1) is 10.1. The van der Waals surface area contributed by atoms with Gasteiger partial charge in [0.05, 0.1) is 11.8 Å². The van der Waals surface area contributed by atoms with Gasteiger partial charge in [0.1, 0.15) is 0 Å². The van der Waals surface area contributed by atoms with Gasteiger partial charge in [-0.1, -0.05) is 13.8 Å². The van der Waals surface area contributed by atoms with Gasteiger partial charge in [-0.3, -0.25) is 0 Å². The van der Waals surface area contributed by atoms with E-state index in [-0.39, 0.29) is 0 Å². The predicted molar refractivity (Wildman–Crippen MR) is 88.3 cm³/mol. The fourth-order valence-corrected chi connectivity index (χ4v) is 3.96. The first kappa shape index (κ1) is 15.3. The number of nitrogens with zero attached hydrogens (tertiary/aromatic N) is 2. The van der Waals surface area contributed by atoms with Crippen LogP contribution in [-0.4, -0.2) is 36.8 Å². The topological polar surface area (TPSA) is 37.4 Å². The minimum atomic E-state index is 0.298. The molecule has 2 aliphatic rings. The van der Waals surface area contributed by atoms with E-state index in [0.717, 1.165) is 38.7 Å². The summed E-state index contributed by atoms with van der Waals surface area (Å²) in [4.78, 5) is 8.79. The summed E-state index contributed by atoms with van der Waals surface area (Å²) in [7, 11) is 0. The van der Waals surface area contributed by atoms with Gasteiger partial charge < -0.3 is 15.0 Å². The van der Waals surface area contributed by atoms with E-state index < -0.39 is 0 Å². The van der Waals surface area contributed by atoms with Crippen molar-refractivity contribution in [1.82, 2.24) is 10.3 Å². The predicted octanol–water partition coefficient (Wildman–Crippen LogP) is 3.13. The van der Waals surface area contributed by atoms with Gasteiger partial charge in [-0.2, -0.15) is 0 Å². The van der Waals surface area contributed by atoms with E-state index in [0.29, 0.717) is 12.0 Å². The summed E-state index contributed by atoms with van der Waals surface area (Å²) in [6.45, 7) is 10.5. The third kappa shape index (κ3) is 3.96. The lowest BCUT2D eigenvalue weighted by Gasteiger charge is -2.21. The highest BCUT2D eigenvalue weighted by atomic mass is 32.1. The number of rotatable bonds is 5. The molecule has 0 radical (unpaired) electrons. The van der Waals surface area contributed by atoms with Crippen LogP contribution in [0.15, 0.2) is 0 Å². The summed E-state index contributed by atoms with van der Waals surface area (Å²) >= 11 is 1.87. The number of ether oxygens (including phenoxy) is 1. The summed E-state index contributed by atoms with van der Waals surface area (Å²) in [5, 5.41) is 4.82. The number of hydrogen-bond acceptors (Lipinski definition) is 5. The number of aromatic nitrogens is 1. The molecule has 1 aromatic rings. The summed E-state index contributed by atoms with van der Waals surface area (Å²) < 4.78 is 5.75. The monoisotopic (exact) mass is 309 g/mol. The van der Waals surface area contributed by atoms with Crippen LogP contribution in [0.25, 0.3) is 0 Å². The number of nitrogens with one attached hydrogen (secondary N) is 1. The van der Waals surface area contributed by atoms with Gasteiger partial charge in [0.25, 0.3) is 0 Å². The van der Waals surface area contributed by atoms with E-state index in [1.54, 1.807) is 0 Å². The van der Waals surface area contributed by atoms with Gasteiger partial charge in [-0.15, -0.1) is 11.3 Å². The molecule has 2 fully saturated rings. The highest BCUT2D eigenvalue weighted by Crippen LogP contribution is 2.32. The van der Waals surface area contributed by atoms with Crippen molar-refractivity contribution in [2.75, 3.05) is 24.6 Å². The molecule has 1 saturated heterocycles. The molecule has 118 valence electrons. The van der Waals surface area contributed by atoms with Crippen molar-refractivity contribution in [3.8, 4) is 0 Å². The van der Waals surface area contributed by atoms with Gasteiger partial charge in [0.2, 0.25) is 0 Å². The van der Waals surface area contributed by atoms with E-state index in [9.17, 15) is 0 Å². The molecule has 1 unspecified atom stereocenters. The number of thiazole rings is 1. The second-order valence-electron chi connectivity index (χ2n) is 6.60. The smallest absolute Gasteiger partial charge is 0.185 e.